The number of aromatic amines is 1. The van der Waals surface area contributed by atoms with E-state index < -0.39 is 0 Å². The van der Waals surface area contributed by atoms with E-state index in [0.29, 0.717) is 16.2 Å². The quantitative estimate of drug-likeness (QED) is 0.640. The molecule has 1 aliphatic heterocycles. The van der Waals surface area contributed by atoms with Gasteiger partial charge in [0.05, 0.1) is 11.3 Å². The number of nitrogens with zero attached hydrogens (tertiary/aromatic N) is 3. The lowest BCUT2D eigenvalue weighted by molar-refractivity contribution is 0.476. The van der Waals surface area contributed by atoms with Gasteiger partial charge in [0.2, 0.25) is 0 Å². The molecule has 140 valence electrons. The molecule has 0 spiro atoms. The summed E-state index contributed by atoms with van der Waals surface area (Å²) in [7, 11) is 0. The fraction of sp³-hybridized carbons (Fsp3) is 0.333. The molecule has 0 bridgehead atoms. The van der Waals surface area contributed by atoms with E-state index in [9.17, 15) is 5.11 Å². The monoisotopic (exact) mass is 380 g/mol. The summed E-state index contributed by atoms with van der Waals surface area (Å²) < 4.78 is 2.42. The predicted octanol–water partition coefficient (Wildman–Crippen LogP) is 4.77. The lowest BCUT2D eigenvalue weighted by Gasteiger charge is -2.19. The maximum Gasteiger partial charge on any atom is 0.200 e. The van der Waals surface area contributed by atoms with Crippen LogP contribution >= 0.6 is 12.2 Å². The van der Waals surface area contributed by atoms with Crippen molar-refractivity contribution in [3.8, 4) is 22.8 Å². The number of hydrogen-bond acceptors (Lipinski definition) is 4. The topological polar surface area (TPSA) is 57.1 Å². The summed E-state index contributed by atoms with van der Waals surface area (Å²) in [6.45, 7) is 6.30. The first kappa shape index (κ1) is 17.8. The van der Waals surface area contributed by atoms with E-state index in [1.165, 1.54) is 24.1 Å². The van der Waals surface area contributed by atoms with E-state index in [4.69, 9.17) is 12.2 Å². The van der Waals surface area contributed by atoms with E-state index in [2.05, 4.69) is 34.2 Å². The van der Waals surface area contributed by atoms with Crippen molar-refractivity contribution in [2.75, 3.05) is 18.0 Å². The van der Waals surface area contributed by atoms with Crippen LogP contribution in [0.15, 0.2) is 36.4 Å². The number of aromatic hydroxyl groups is 1. The van der Waals surface area contributed by atoms with Gasteiger partial charge in [0.15, 0.2) is 10.6 Å². The van der Waals surface area contributed by atoms with Crippen molar-refractivity contribution in [3.63, 3.8) is 0 Å². The zero-order valence-electron chi connectivity index (χ0n) is 15.7. The predicted molar refractivity (Wildman–Crippen MR) is 111 cm³/mol. The van der Waals surface area contributed by atoms with Crippen LogP contribution in [0.2, 0.25) is 0 Å². The lowest BCUT2D eigenvalue weighted by atomic mass is 10.0. The average Bonchev–Trinajstić information content (AvgIpc) is 3.32. The molecule has 0 amide bonds. The average molecular weight is 381 g/mol. The van der Waals surface area contributed by atoms with Gasteiger partial charge >= 0.3 is 0 Å². The summed E-state index contributed by atoms with van der Waals surface area (Å²) in [5.41, 5.74) is 5.11. The minimum atomic E-state index is 0.218. The Hall–Kier alpha value is -2.60. The highest BCUT2D eigenvalue weighted by molar-refractivity contribution is 7.71. The minimum absolute atomic E-state index is 0.218. The molecule has 0 unspecified atom stereocenters. The van der Waals surface area contributed by atoms with Gasteiger partial charge in [-0.2, -0.15) is 5.10 Å². The maximum absolute atomic E-state index is 10.6. The molecular formula is C21H24N4OS. The molecule has 2 heterocycles. The summed E-state index contributed by atoms with van der Waals surface area (Å²) in [6, 6.07) is 12.2. The molecule has 0 atom stereocenters. The molecule has 1 fully saturated rings. The number of phenolic OH excluding ortho intramolecular Hbond substituents is 1. The van der Waals surface area contributed by atoms with Crippen LogP contribution in [0.1, 0.15) is 30.9 Å². The number of nitrogens with one attached hydrogen (secondary N) is 1. The van der Waals surface area contributed by atoms with Crippen molar-refractivity contribution in [2.24, 2.45) is 0 Å². The minimum Gasteiger partial charge on any atom is -0.507 e. The SMILES string of the molecule is CCc1cc(-c2n[nH]c(=S)n2-c2cccc(N3CCCC3)c2)c(O)cc1C. The van der Waals surface area contributed by atoms with Gasteiger partial charge in [-0.3, -0.25) is 9.67 Å². The van der Waals surface area contributed by atoms with Crippen molar-refractivity contribution in [1.29, 1.82) is 0 Å². The van der Waals surface area contributed by atoms with Crippen LogP contribution in [0.5, 0.6) is 5.75 Å². The molecule has 3 aromatic rings. The fourth-order valence-corrected chi connectivity index (χ4v) is 4.06. The van der Waals surface area contributed by atoms with Crippen molar-refractivity contribution < 1.29 is 5.11 Å². The van der Waals surface area contributed by atoms with Gasteiger partial charge in [0.1, 0.15) is 5.75 Å². The first-order chi connectivity index (χ1) is 13.1. The molecule has 2 N–H and O–H groups in total. The molecule has 1 saturated heterocycles. The standard InChI is InChI=1S/C21H24N4OS/c1-3-15-12-18(19(26)11-14(15)2)20-22-23-21(27)25(20)17-8-6-7-16(13-17)24-9-4-5-10-24/h6-8,11-13,26H,3-5,9-10H2,1-2H3,(H,23,27). The van der Waals surface area contributed by atoms with Crippen LogP contribution in [0.25, 0.3) is 17.1 Å². The van der Waals surface area contributed by atoms with E-state index in [-0.39, 0.29) is 5.75 Å². The second-order valence-corrected chi connectivity index (χ2v) is 7.44. The largest absolute Gasteiger partial charge is 0.507 e. The fourth-order valence-electron chi connectivity index (χ4n) is 3.82. The van der Waals surface area contributed by atoms with Crippen LogP contribution < -0.4 is 4.90 Å². The van der Waals surface area contributed by atoms with Gasteiger partial charge in [0, 0.05) is 18.8 Å². The molecule has 0 radical (unpaired) electrons. The Kier molecular flexibility index (Phi) is 4.74. The summed E-state index contributed by atoms with van der Waals surface area (Å²) in [5, 5.41) is 17.9. The zero-order valence-corrected chi connectivity index (χ0v) is 16.5. The van der Waals surface area contributed by atoms with Crippen molar-refractivity contribution in [1.82, 2.24) is 14.8 Å². The normalized spacial score (nSPS) is 14.1. The van der Waals surface area contributed by atoms with Crippen molar-refractivity contribution >= 4 is 17.9 Å². The number of anilines is 1. The van der Waals surface area contributed by atoms with Gasteiger partial charge in [0.25, 0.3) is 0 Å². The highest BCUT2D eigenvalue weighted by Gasteiger charge is 2.18. The summed E-state index contributed by atoms with van der Waals surface area (Å²) in [6.07, 6.45) is 3.37. The van der Waals surface area contributed by atoms with E-state index in [1.54, 1.807) is 6.07 Å². The number of aromatic nitrogens is 3. The van der Waals surface area contributed by atoms with Crippen LogP contribution in [-0.2, 0) is 6.42 Å². The summed E-state index contributed by atoms with van der Waals surface area (Å²) in [5.74, 6) is 0.849. The van der Waals surface area contributed by atoms with Gasteiger partial charge in [-0.15, -0.1) is 0 Å². The molecule has 4 rings (SSSR count). The van der Waals surface area contributed by atoms with Crippen LogP contribution in [0, 0.1) is 11.7 Å². The van der Waals surface area contributed by atoms with Crippen molar-refractivity contribution in [3.05, 3.63) is 52.3 Å². The van der Waals surface area contributed by atoms with Crippen molar-refractivity contribution in [2.45, 2.75) is 33.1 Å². The summed E-state index contributed by atoms with van der Waals surface area (Å²) >= 11 is 5.51. The van der Waals surface area contributed by atoms with Gasteiger partial charge < -0.3 is 10.0 Å². The highest BCUT2D eigenvalue weighted by atomic mass is 32.1. The Morgan fingerprint density at radius 3 is 2.63 bits per heavy atom. The Labute approximate surface area is 164 Å². The maximum atomic E-state index is 10.6. The molecular weight excluding hydrogens is 356 g/mol. The highest BCUT2D eigenvalue weighted by Crippen LogP contribution is 2.33. The van der Waals surface area contributed by atoms with Gasteiger partial charge in [-0.1, -0.05) is 13.0 Å². The number of aryl methyl sites for hydroxylation is 2. The molecule has 1 aliphatic rings. The second kappa shape index (κ2) is 7.19. The molecule has 1 aromatic heterocycles. The smallest absolute Gasteiger partial charge is 0.200 e. The van der Waals surface area contributed by atoms with Crippen LogP contribution in [0.4, 0.5) is 5.69 Å². The van der Waals surface area contributed by atoms with E-state index >= 15 is 0 Å². The third kappa shape index (κ3) is 3.25. The van der Waals surface area contributed by atoms with Gasteiger partial charge in [-0.05, 0) is 79.9 Å². The number of H-pyrrole nitrogens is 1. The Bertz CT molecular complexity index is 1030. The Morgan fingerprint density at radius 1 is 1.15 bits per heavy atom. The number of hydrogen-bond donors (Lipinski definition) is 2. The number of rotatable bonds is 4. The molecule has 6 heteroatoms. The van der Waals surface area contributed by atoms with E-state index in [1.807, 2.05) is 29.7 Å². The Morgan fingerprint density at radius 2 is 1.89 bits per heavy atom. The number of benzene rings is 2. The summed E-state index contributed by atoms with van der Waals surface area (Å²) in [4.78, 5) is 2.39. The van der Waals surface area contributed by atoms with Gasteiger partial charge in [-0.25, -0.2) is 0 Å². The third-order valence-electron chi connectivity index (χ3n) is 5.31. The molecule has 27 heavy (non-hydrogen) atoms. The molecule has 2 aromatic carbocycles. The molecule has 0 saturated carbocycles. The number of phenols is 1. The zero-order chi connectivity index (χ0) is 19.0. The molecule has 0 aliphatic carbocycles. The molecule has 5 nitrogen and oxygen atoms in total. The lowest BCUT2D eigenvalue weighted by Crippen LogP contribution is -2.17. The third-order valence-corrected chi connectivity index (χ3v) is 5.58. The first-order valence-corrected chi connectivity index (χ1v) is 9.85. The van der Waals surface area contributed by atoms with Crippen LogP contribution in [-0.4, -0.2) is 33.0 Å². The van der Waals surface area contributed by atoms with Crippen LogP contribution in [0.3, 0.4) is 0 Å². The van der Waals surface area contributed by atoms with E-state index in [0.717, 1.165) is 30.8 Å². The Balaban J connectivity index is 1.84. The second-order valence-electron chi connectivity index (χ2n) is 7.05. The first-order valence-electron chi connectivity index (χ1n) is 9.44.